The maximum atomic E-state index is 13.1. The van der Waals surface area contributed by atoms with Crippen LogP contribution in [0.25, 0.3) is 11.3 Å². The third-order valence-corrected chi connectivity index (χ3v) is 2.41. The van der Waals surface area contributed by atoms with Crippen LogP contribution in [-0.4, -0.2) is 16.2 Å². The zero-order valence-electron chi connectivity index (χ0n) is 9.11. The highest BCUT2D eigenvalue weighted by molar-refractivity contribution is 5.75. The Morgan fingerprint density at radius 1 is 1.53 bits per heavy atom. The number of hydrogen-bond acceptors (Lipinski definition) is 3. The summed E-state index contributed by atoms with van der Waals surface area (Å²) in [5, 5.41) is 12.6. The second kappa shape index (κ2) is 4.37. The van der Waals surface area contributed by atoms with E-state index in [1.165, 1.54) is 12.1 Å². The first-order valence-corrected chi connectivity index (χ1v) is 5.01. The molecule has 2 aromatic rings. The third-order valence-electron chi connectivity index (χ3n) is 2.41. The van der Waals surface area contributed by atoms with Gasteiger partial charge in [-0.15, -0.1) is 0 Å². The highest BCUT2D eigenvalue weighted by Crippen LogP contribution is 2.26. The Bertz CT molecular complexity index is 563. The van der Waals surface area contributed by atoms with Gasteiger partial charge in [0.25, 0.3) is 0 Å². The van der Waals surface area contributed by atoms with Crippen LogP contribution in [0.3, 0.4) is 0 Å². The van der Waals surface area contributed by atoms with Crippen LogP contribution in [-0.2, 0) is 11.2 Å². The Kier molecular flexibility index (Phi) is 2.91. The fourth-order valence-electron chi connectivity index (χ4n) is 1.61. The monoisotopic (exact) mass is 235 g/mol. The number of halogens is 1. The van der Waals surface area contributed by atoms with Crippen LogP contribution in [0.2, 0.25) is 0 Å². The van der Waals surface area contributed by atoms with Gasteiger partial charge in [0.15, 0.2) is 0 Å². The smallest absolute Gasteiger partial charge is 0.308 e. The molecule has 1 N–H and O–H groups in total. The van der Waals surface area contributed by atoms with Gasteiger partial charge in [0.2, 0.25) is 0 Å². The van der Waals surface area contributed by atoms with E-state index in [2.05, 4.69) is 5.16 Å². The molecule has 0 saturated heterocycles. The highest BCUT2D eigenvalue weighted by atomic mass is 19.1. The number of rotatable bonds is 3. The first-order chi connectivity index (χ1) is 8.08. The van der Waals surface area contributed by atoms with E-state index in [9.17, 15) is 9.18 Å². The predicted molar refractivity (Wildman–Crippen MR) is 58.0 cm³/mol. The molecule has 0 saturated carbocycles. The van der Waals surface area contributed by atoms with Gasteiger partial charge in [-0.05, 0) is 19.1 Å². The summed E-state index contributed by atoms with van der Waals surface area (Å²) in [5.74, 6) is -0.940. The van der Waals surface area contributed by atoms with Crippen LogP contribution in [0.1, 0.15) is 11.3 Å². The van der Waals surface area contributed by atoms with Crippen molar-refractivity contribution in [2.45, 2.75) is 13.3 Å². The minimum Gasteiger partial charge on any atom is -0.481 e. The van der Waals surface area contributed by atoms with Gasteiger partial charge in [-0.25, -0.2) is 4.39 Å². The highest BCUT2D eigenvalue weighted by Gasteiger charge is 2.17. The third kappa shape index (κ3) is 2.33. The van der Waals surface area contributed by atoms with Crippen molar-refractivity contribution in [1.29, 1.82) is 0 Å². The number of carboxylic acids is 1. The molecule has 2 rings (SSSR count). The maximum Gasteiger partial charge on any atom is 0.308 e. The van der Waals surface area contributed by atoms with Crippen molar-refractivity contribution in [2.24, 2.45) is 0 Å². The van der Waals surface area contributed by atoms with Gasteiger partial charge in [0.05, 0.1) is 6.42 Å². The van der Waals surface area contributed by atoms with E-state index in [-0.39, 0.29) is 6.42 Å². The number of nitrogens with zero attached hydrogens (tertiary/aromatic N) is 1. The molecule has 0 spiro atoms. The molecule has 0 aliphatic carbocycles. The lowest BCUT2D eigenvalue weighted by molar-refractivity contribution is -0.136. The summed E-state index contributed by atoms with van der Waals surface area (Å²) in [5.41, 5.74) is 1.37. The van der Waals surface area contributed by atoms with E-state index in [4.69, 9.17) is 9.63 Å². The molecule has 17 heavy (non-hydrogen) atoms. The molecule has 1 heterocycles. The molecule has 0 aliphatic rings. The summed E-state index contributed by atoms with van der Waals surface area (Å²) < 4.78 is 18.0. The van der Waals surface area contributed by atoms with Crippen molar-refractivity contribution in [3.63, 3.8) is 0 Å². The van der Waals surface area contributed by atoms with Gasteiger partial charge < -0.3 is 9.63 Å². The summed E-state index contributed by atoms with van der Waals surface area (Å²) in [6.07, 6.45) is -0.193. The lowest BCUT2D eigenvalue weighted by atomic mass is 10.0. The Balaban J connectivity index is 2.48. The van der Waals surface area contributed by atoms with E-state index in [1.807, 2.05) is 0 Å². The van der Waals surface area contributed by atoms with Gasteiger partial charge in [-0.3, -0.25) is 4.79 Å². The molecule has 0 radical (unpaired) electrons. The summed E-state index contributed by atoms with van der Waals surface area (Å²) >= 11 is 0. The number of aryl methyl sites for hydroxylation is 1. The molecule has 1 aromatic carbocycles. The molecule has 0 atom stereocenters. The molecule has 88 valence electrons. The topological polar surface area (TPSA) is 63.3 Å². The lowest BCUT2D eigenvalue weighted by Gasteiger charge is -2.00. The van der Waals surface area contributed by atoms with E-state index in [0.717, 1.165) is 0 Å². The number of hydrogen-bond donors (Lipinski definition) is 1. The zero-order valence-corrected chi connectivity index (χ0v) is 9.11. The predicted octanol–water partition coefficient (Wildman–Crippen LogP) is 2.42. The first kappa shape index (κ1) is 11.3. The van der Waals surface area contributed by atoms with E-state index in [0.29, 0.717) is 22.6 Å². The van der Waals surface area contributed by atoms with Crippen LogP contribution in [0, 0.1) is 12.7 Å². The van der Waals surface area contributed by atoms with Crippen LogP contribution in [0.4, 0.5) is 4.39 Å². The van der Waals surface area contributed by atoms with Crippen molar-refractivity contribution < 1.29 is 18.8 Å². The Morgan fingerprint density at radius 2 is 2.29 bits per heavy atom. The van der Waals surface area contributed by atoms with E-state index in [1.54, 1.807) is 19.1 Å². The quantitative estimate of drug-likeness (QED) is 0.887. The summed E-state index contributed by atoms with van der Waals surface area (Å²) in [6, 6.07) is 5.81. The molecule has 0 unspecified atom stereocenters. The SMILES string of the molecule is Cc1onc(-c2cccc(F)c2)c1CC(=O)O. The normalized spacial score (nSPS) is 10.5. The number of carboxylic acid groups (broad SMARTS) is 1. The molecule has 0 bridgehead atoms. The molecule has 0 amide bonds. The fourth-order valence-corrected chi connectivity index (χ4v) is 1.61. The minimum atomic E-state index is -0.978. The van der Waals surface area contributed by atoms with Gasteiger partial charge in [-0.2, -0.15) is 0 Å². The van der Waals surface area contributed by atoms with E-state index < -0.39 is 11.8 Å². The number of benzene rings is 1. The van der Waals surface area contributed by atoms with Gasteiger partial charge >= 0.3 is 5.97 Å². The number of aliphatic carboxylic acids is 1. The molecular weight excluding hydrogens is 225 g/mol. The second-order valence-electron chi connectivity index (χ2n) is 3.65. The van der Waals surface area contributed by atoms with Crippen molar-refractivity contribution >= 4 is 5.97 Å². The average Bonchev–Trinajstić information content (AvgIpc) is 2.60. The van der Waals surface area contributed by atoms with Crippen LogP contribution in [0.15, 0.2) is 28.8 Å². The van der Waals surface area contributed by atoms with Gasteiger partial charge in [-0.1, -0.05) is 17.3 Å². The Morgan fingerprint density at radius 3 is 2.94 bits per heavy atom. The van der Waals surface area contributed by atoms with E-state index >= 15 is 0 Å². The van der Waals surface area contributed by atoms with Gasteiger partial charge in [0.1, 0.15) is 17.3 Å². The van der Waals surface area contributed by atoms with Crippen molar-refractivity contribution in [1.82, 2.24) is 5.16 Å². The van der Waals surface area contributed by atoms with Crippen molar-refractivity contribution in [3.8, 4) is 11.3 Å². The molecule has 1 aromatic heterocycles. The molecule has 4 nitrogen and oxygen atoms in total. The molecule has 5 heteroatoms. The first-order valence-electron chi connectivity index (χ1n) is 5.01. The lowest BCUT2D eigenvalue weighted by Crippen LogP contribution is -2.01. The number of carbonyl (C=O) groups is 1. The van der Waals surface area contributed by atoms with Crippen molar-refractivity contribution in [2.75, 3.05) is 0 Å². The molecular formula is C12H10FNO3. The largest absolute Gasteiger partial charge is 0.481 e. The zero-order chi connectivity index (χ0) is 12.4. The molecule has 0 fully saturated rings. The van der Waals surface area contributed by atoms with Crippen LogP contribution >= 0.6 is 0 Å². The maximum absolute atomic E-state index is 13.1. The second-order valence-corrected chi connectivity index (χ2v) is 3.65. The average molecular weight is 235 g/mol. The number of aromatic nitrogens is 1. The Labute approximate surface area is 96.7 Å². The Hall–Kier alpha value is -2.17. The summed E-state index contributed by atoms with van der Waals surface area (Å²) in [6.45, 7) is 1.63. The van der Waals surface area contributed by atoms with Crippen molar-refractivity contribution in [3.05, 3.63) is 41.4 Å². The standard InChI is InChI=1S/C12H10FNO3/c1-7-10(6-11(15)16)12(14-17-7)8-3-2-4-9(13)5-8/h2-5H,6H2,1H3,(H,15,16). The summed E-state index contributed by atoms with van der Waals surface area (Å²) in [4.78, 5) is 10.7. The fraction of sp³-hybridized carbons (Fsp3) is 0.167. The minimum absolute atomic E-state index is 0.193. The molecule has 0 aliphatic heterocycles. The van der Waals surface area contributed by atoms with Gasteiger partial charge in [0, 0.05) is 11.1 Å². The van der Waals surface area contributed by atoms with Crippen LogP contribution < -0.4 is 0 Å². The summed E-state index contributed by atoms with van der Waals surface area (Å²) in [7, 11) is 0. The van der Waals surface area contributed by atoms with Crippen LogP contribution in [0.5, 0.6) is 0 Å².